The third-order valence-corrected chi connectivity index (χ3v) is 5.86. The van der Waals surface area contributed by atoms with Crippen LogP contribution in [0.2, 0.25) is 0 Å². The summed E-state index contributed by atoms with van der Waals surface area (Å²) in [5.41, 5.74) is 5.56. The topological polar surface area (TPSA) is 58.6 Å². The van der Waals surface area contributed by atoms with Crippen LogP contribution in [0.4, 0.5) is 5.69 Å². The summed E-state index contributed by atoms with van der Waals surface area (Å²) in [7, 11) is 0. The number of aryl methyl sites for hydroxylation is 2. The van der Waals surface area contributed by atoms with E-state index in [0.29, 0.717) is 22.8 Å². The number of anilines is 1. The number of rotatable bonds is 8. The zero-order valence-corrected chi connectivity index (χ0v) is 20.1. The first-order valence-corrected chi connectivity index (χ1v) is 11.6. The summed E-state index contributed by atoms with van der Waals surface area (Å²) in [6.07, 6.45) is 0. The molecule has 3 aromatic carbocycles. The lowest BCUT2D eigenvalue weighted by atomic mass is 10.0. The van der Waals surface area contributed by atoms with Gasteiger partial charge in [0.25, 0.3) is 11.8 Å². The molecule has 4 rings (SSSR count). The van der Waals surface area contributed by atoms with Crippen LogP contribution in [-0.4, -0.2) is 29.9 Å². The number of carbonyl (C=O) groups is 2. The summed E-state index contributed by atoms with van der Waals surface area (Å²) in [6, 6.07) is 23.2. The van der Waals surface area contributed by atoms with Crippen molar-refractivity contribution in [1.82, 2.24) is 4.90 Å². The minimum atomic E-state index is -0.346. The Hall–Kier alpha value is -3.86. The Morgan fingerprint density at radius 1 is 0.853 bits per heavy atom. The summed E-state index contributed by atoms with van der Waals surface area (Å²) in [5, 5.41) is 3.22. The fraction of sp³-hybridized carbons (Fsp3) is 0.241. The van der Waals surface area contributed by atoms with Crippen molar-refractivity contribution in [3.63, 3.8) is 0 Å². The number of amides is 2. The van der Waals surface area contributed by atoms with Crippen LogP contribution in [0.1, 0.15) is 42.0 Å². The van der Waals surface area contributed by atoms with Gasteiger partial charge in [-0.05, 0) is 66.3 Å². The average molecular weight is 455 g/mol. The van der Waals surface area contributed by atoms with Gasteiger partial charge >= 0.3 is 0 Å². The van der Waals surface area contributed by atoms with Crippen LogP contribution in [0, 0.1) is 13.8 Å². The monoisotopic (exact) mass is 454 g/mol. The van der Waals surface area contributed by atoms with Gasteiger partial charge < -0.3 is 10.1 Å². The van der Waals surface area contributed by atoms with E-state index in [-0.39, 0.29) is 25.0 Å². The Balaban J connectivity index is 1.56. The Bertz CT molecular complexity index is 1210. The Morgan fingerprint density at radius 2 is 1.50 bits per heavy atom. The number of hydrogen-bond acceptors (Lipinski definition) is 4. The van der Waals surface area contributed by atoms with E-state index in [1.807, 2.05) is 80.6 Å². The van der Waals surface area contributed by atoms with Gasteiger partial charge in [0, 0.05) is 5.69 Å². The third kappa shape index (κ3) is 5.04. The molecular formula is C29H30N2O3. The Morgan fingerprint density at radius 3 is 2.12 bits per heavy atom. The number of ether oxygens (including phenoxy) is 1. The number of carbonyl (C=O) groups excluding carboxylic acids is 2. The summed E-state index contributed by atoms with van der Waals surface area (Å²) < 4.78 is 5.87. The highest BCUT2D eigenvalue weighted by molar-refractivity contribution is 6.36. The predicted octanol–water partition coefficient (Wildman–Crippen LogP) is 5.70. The number of nitrogens with one attached hydrogen (secondary N) is 1. The summed E-state index contributed by atoms with van der Waals surface area (Å²) in [4.78, 5) is 28.0. The molecule has 0 bridgehead atoms. The van der Waals surface area contributed by atoms with Crippen molar-refractivity contribution in [2.24, 2.45) is 0 Å². The van der Waals surface area contributed by atoms with Crippen LogP contribution < -0.4 is 10.1 Å². The van der Waals surface area contributed by atoms with E-state index in [4.69, 9.17) is 4.74 Å². The van der Waals surface area contributed by atoms with Crippen LogP contribution in [0.15, 0.2) is 78.5 Å². The van der Waals surface area contributed by atoms with Gasteiger partial charge in [0.05, 0.1) is 12.1 Å². The van der Waals surface area contributed by atoms with Gasteiger partial charge in [-0.25, -0.2) is 0 Å². The molecule has 1 heterocycles. The Kier molecular flexibility index (Phi) is 6.82. The largest absolute Gasteiger partial charge is 0.492 e. The summed E-state index contributed by atoms with van der Waals surface area (Å²) >= 11 is 0. The van der Waals surface area contributed by atoms with Gasteiger partial charge in [0.2, 0.25) is 0 Å². The van der Waals surface area contributed by atoms with Crippen LogP contribution >= 0.6 is 0 Å². The zero-order valence-electron chi connectivity index (χ0n) is 20.1. The van der Waals surface area contributed by atoms with Gasteiger partial charge in [-0.2, -0.15) is 0 Å². The Labute approximate surface area is 201 Å². The molecule has 174 valence electrons. The van der Waals surface area contributed by atoms with Gasteiger partial charge in [-0.3, -0.25) is 14.5 Å². The highest BCUT2D eigenvalue weighted by atomic mass is 16.5. The number of benzene rings is 3. The molecule has 2 amide bonds. The molecule has 0 aliphatic carbocycles. The fourth-order valence-electron chi connectivity index (χ4n) is 4.13. The maximum absolute atomic E-state index is 13.4. The maximum atomic E-state index is 13.4. The van der Waals surface area contributed by atoms with E-state index in [2.05, 4.69) is 25.2 Å². The number of hydrogen-bond donors (Lipinski definition) is 1. The third-order valence-electron chi connectivity index (χ3n) is 5.86. The smallest absolute Gasteiger partial charge is 0.278 e. The molecule has 0 aromatic heterocycles. The molecule has 0 spiro atoms. The van der Waals surface area contributed by atoms with Crippen molar-refractivity contribution in [1.29, 1.82) is 0 Å². The van der Waals surface area contributed by atoms with Crippen LogP contribution in [0.25, 0.3) is 5.57 Å². The second-order valence-corrected chi connectivity index (χ2v) is 8.95. The average Bonchev–Trinajstić information content (AvgIpc) is 3.03. The second kappa shape index (κ2) is 9.96. The maximum Gasteiger partial charge on any atom is 0.278 e. The first-order chi connectivity index (χ1) is 16.3. The van der Waals surface area contributed by atoms with Crippen molar-refractivity contribution < 1.29 is 14.3 Å². The molecule has 0 fully saturated rings. The molecule has 1 aliphatic heterocycles. The van der Waals surface area contributed by atoms with Gasteiger partial charge in [0.1, 0.15) is 18.1 Å². The van der Waals surface area contributed by atoms with Crippen LogP contribution in [0.3, 0.4) is 0 Å². The summed E-state index contributed by atoms with van der Waals surface area (Å²) in [5.74, 6) is 0.481. The van der Waals surface area contributed by atoms with Gasteiger partial charge in [-0.1, -0.05) is 62.4 Å². The van der Waals surface area contributed by atoms with E-state index in [9.17, 15) is 9.59 Å². The van der Waals surface area contributed by atoms with E-state index in [0.717, 1.165) is 22.6 Å². The number of imide groups is 1. The molecular weight excluding hydrogens is 424 g/mol. The molecule has 1 N–H and O–H groups in total. The van der Waals surface area contributed by atoms with E-state index in [1.54, 1.807) is 0 Å². The normalized spacial score (nSPS) is 13.7. The van der Waals surface area contributed by atoms with Crippen LogP contribution in [-0.2, 0) is 9.59 Å². The molecule has 34 heavy (non-hydrogen) atoms. The second-order valence-electron chi connectivity index (χ2n) is 8.95. The zero-order chi connectivity index (χ0) is 24.2. The SMILES string of the molecule is Cc1cc(C)cc(OCCN2C(=O)C(Nc3ccc(C(C)C)cc3)=C(c3ccccc3)C2=O)c1. The lowest BCUT2D eigenvalue weighted by Gasteiger charge is -2.16. The molecule has 0 saturated carbocycles. The highest BCUT2D eigenvalue weighted by Crippen LogP contribution is 2.31. The predicted molar refractivity (Wildman–Crippen MR) is 136 cm³/mol. The first kappa shape index (κ1) is 23.3. The van der Waals surface area contributed by atoms with Crippen molar-refractivity contribution in [2.75, 3.05) is 18.5 Å². The van der Waals surface area contributed by atoms with E-state index >= 15 is 0 Å². The number of nitrogens with zero attached hydrogens (tertiary/aromatic N) is 1. The molecule has 5 heteroatoms. The first-order valence-electron chi connectivity index (χ1n) is 11.6. The fourth-order valence-corrected chi connectivity index (χ4v) is 4.13. The lowest BCUT2D eigenvalue weighted by Crippen LogP contribution is -2.36. The van der Waals surface area contributed by atoms with Gasteiger partial charge in [-0.15, -0.1) is 0 Å². The van der Waals surface area contributed by atoms with Crippen LogP contribution in [0.5, 0.6) is 5.75 Å². The van der Waals surface area contributed by atoms with Crippen molar-refractivity contribution in [3.8, 4) is 5.75 Å². The van der Waals surface area contributed by atoms with E-state index < -0.39 is 0 Å². The molecule has 3 aromatic rings. The highest BCUT2D eigenvalue weighted by Gasteiger charge is 2.39. The standard InChI is InChI=1S/C29H30N2O3/c1-19(2)22-10-12-24(13-11-22)30-27-26(23-8-6-5-7-9-23)28(32)31(29(27)33)14-15-34-25-17-20(3)16-21(4)18-25/h5-13,16-19,30H,14-15H2,1-4H3. The van der Waals surface area contributed by atoms with Crippen molar-refractivity contribution in [3.05, 3.63) is 101 Å². The quantitative estimate of drug-likeness (QED) is 0.444. The van der Waals surface area contributed by atoms with Gasteiger partial charge in [0.15, 0.2) is 0 Å². The van der Waals surface area contributed by atoms with Crippen molar-refractivity contribution >= 4 is 23.1 Å². The minimum Gasteiger partial charge on any atom is -0.492 e. The minimum absolute atomic E-state index is 0.165. The van der Waals surface area contributed by atoms with Crippen molar-refractivity contribution in [2.45, 2.75) is 33.6 Å². The molecule has 0 radical (unpaired) electrons. The molecule has 1 aliphatic rings. The molecule has 0 unspecified atom stereocenters. The molecule has 0 saturated heterocycles. The van der Waals surface area contributed by atoms with E-state index in [1.165, 1.54) is 10.5 Å². The molecule has 0 atom stereocenters. The summed E-state index contributed by atoms with van der Waals surface area (Å²) in [6.45, 7) is 8.67. The molecule has 5 nitrogen and oxygen atoms in total. The lowest BCUT2D eigenvalue weighted by molar-refractivity contribution is -0.137.